The van der Waals surface area contributed by atoms with Crippen molar-refractivity contribution in [1.82, 2.24) is 5.32 Å². The van der Waals surface area contributed by atoms with Crippen molar-refractivity contribution in [2.24, 2.45) is 0 Å². The lowest BCUT2D eigenvalue weighted by atomic mass is 10.3. The van der Waals surface area contributed by atoms with Crippen LogP contribution in [0.4, 0.5) is 0 Å². The number of hydrogen-bond acceptors (Lipinski definition) is 3. The van der Waals surface area contributed by atoms with Crippen LogP contribution in [-0.4, -0.2) is 31.4 Å². The third kappa shape index (κ3) is 4.50. The maximum Gasteiger partial charge on any atom is 0.287 e. The standard InChI is InChI=1S/C7H13NO3/c1-5(11-3)4-8-7(10)6(2)9/h5H,4H2,1-3H3,(H,8,10). The molecule has 0 radical (unpaired) electrons. The summed E-state index contributed by atoms with van der Waals surface area (Å²) in [4.78, 5) is 21.0. The third-order valence-electron chi connectivity index (χ3n) is 1.27. The third-order valence-corrected chi connectivity index (χ3v) is 1.27. The number of carbonyl (C=O) groups is 2. The number of methoxy groups -OCH3 is 1. The van der Waals surface area contributed by atoms with Gasteiger partial charge in [-0.2, -0.15) is 0 Å². The van der Waals surface area contributed by atoms with Crippen molar-refractivity contribution >= 4 is 11.7 Å². The average Bonchev–Trinajstić information content (AvgIpc) is 1.99. The van der Waals surface area contributed by atoms with Crippen LogP contribution in [0.1, 0.15) is 13.8 Å². The Bertz CT molecular complexity index is 156. The largest absolute Gasteiger partial charge is 0.380 e. The van der Waals surface area contributed by atoms with Crippen LogP contribution in [0.2, 0.25) is 0 Å². The van der Waals surface area contributed by atoms with Crippen LogP contribution in [0.5, 0.6) is 0 Å². The predicted octanol–water partition coefficient (Wildman–Crippen LogP) is -0.274. The summed E-state index contributed by atoms with van der Waals surface area (Å²) in [6.45, 7) is 3.40. The van der Waals surface area contributed by atoms with Crippen molar-refractivity contribution in [3.05, 3.63) is 0 Å². The first-order chi connectivity index (χ1) is 5.07. The smallest absolute Gasteiger partial charge is 0.287 e. The molecular formula is C7H13NO3. The summed E-state index contributed by atoms with van der Waals surface area (Å²) in [5.74, 6) is -1.04. The lowest BCUT2D eigenvalue weighted by Gasteiger charge is -2.08. The van der Waals surface area contributed by atoms with Crippen LogP contribution in [0, 0.1) is 0 Å². The van der Waals surface area contributed by atoms with E-state index < -0.39 is 11.7 Å². The molecule has 0 saturated heterocycles. The zero-order valence-corrected chi connectivity index (χ0v) is 7.01. The molecule has 0 spiro atoms. The van der Waals surface area contributed by atoms with Crippen LogP contribution in [0.3, 0.4) is 0 Å². The molecule has 0 fully saturated rings. The Balaban J connectivity index is 3.54. The fourth-order valence-electron chi connectivity index (χ4n) is 0.444. The number of rotatable bonds is 4. The van der Waals surface area contributed by atoms with Gasteiger partial charge in [0.15, 0.2) is 0 Å². The van der Waals surface area contributed by atoms with Gasteiger partial charge in [0, 0.05) is 20.6 Å². The van der Waals surface area contributed by atoms with Crippen LogP contribution in [0.15, 0.2) is 0 Å². The number of ether oxygens (including phenoxy) is 1. The molecule has 4 heteroatoms. The normalized spacial score (nSPS) is 12.3. The monoisotopic (exact) mass is 159 g/mol. The minimum Gasteiger partial charge on any atom is -0.380 e. The predicted molar refractivity (Wildman–Crippen MR) is 40.2 cm³/mol. The van der Waals surface area contributed by atoms with E-state index in [1.807, 2.05) is 0 Å². The maximum atomic E-state index is 10.6. The highest BCUT2D eigenvalue weighted by atomic mass is 16.5. The fourth-order valence-corrected chi connectivity index (χ4v) is 0.444. The molecule has 4 nitrogen and oxygen atoms in total. The molecule has 11 heavy (non-hydrogen) atoms. The Hall–Kier alpha value is -0.900. The second kappa shape index (κ2) is 4.85. The average molecular weight is 159 g/mol. The molecule has 1 amide bonds. The molecule has 1 atom stereocenters. The van der Waals surface area contributed by atoms with Crippen LogP contribution in [0.25, 0.3) is 0 Å². The summed E-state index contributed by atoms with van der Waals surface area (Å²) in [5, 5.41) is 2.42. The molecule has 0 bridgehead atoms. The molecule has 64 valence electrons. The van der Waals surface area contributed by atoms with Gasteiger partial charge in [0.2, 0.25) is 5.78 Å². The Morgan fingerprint density at radius 2 is 2.09 bits per heavy atom. The van der Waals surface area contributed by atoms with Crippen molar-refractivity contribution < 1.29 is 14.3 Å². The lowest BCUT2D eigenvalue weighted by Crippen LogP contribution is -2.35. The molecule has 0 heterocycles. The number of Topliss-reactive ketones (excluding diaryl/α,β-unsaturated/α-hetero) is 1. The van der Waals surface area contributed by atoms with Crippen LogP contribution < -0.4 is 5.32 Å². The summed E-state index contributed by atoms with van der Waals surface area (Å²) in [6, 6.07) is 0. The van der Waals surface area contributed by atoms with E-state index in [0.717, 1.165) is 0 Å². The molecular weight excluding hydrogens is 146 g/mol. The Morgan fingerprint density at radius 1 is 1.55 bits per heavy atom. The molecule has 0 aliphatic rings. The van der Waals surface area contributed by atoms with E-state index in [-0.39, 0.29) is 6.10 Å². The molecule has 0 saturated carbocycles. The number of hydrogen-bond donors (Lipinski definition) is 1. The number of amides is 1. The van der Waals surface area contributed by atoms with Gasteiger partial charge in [-0.05, 0) is 6.92 Å². The minimum atomic E-state index is -0.561. The van der Waals surface area contributed by atoms with E-state index in [4.69, 9.17) is 4.74 Å². The van der Waals surface area contributed by atoms with Gasteiger partial charge in [-0.25, -0.2) is 0 Å². The van der Waals surface area contributed by atoms with Gasteiger partial charge in [0.25, 0.3) is 5.91 Å². The van der Waals surface area contributed by atoms with Crippen molar-refractivity contribution in [1.29, 1.82) is 0 Å². The highest BCUT2D eigenvalue weighted by Gasteiger charge is 2.07. The number of carbonyl (C=O) groups excluding carboxylic acids is 2. The first-order valence-electron chi connectivity index (χ1n) is 3.39. The summed E-state index contributed by atoms with van der Waals surface area (Å²) in [5.41, 5.74) is 0. The van der Waals surface area contributed by atoms with Crippen molar-refractivity contribution in [2.45, 2.75) is 20.0 Å². The Morgan fingerprint density at radius 3 is 2.45 bits per heavy atom. The van der Waals surface area contributed by atoms with Crippen molar-refractivity contribution in [3.63, 3.8) is 0 Å². The SMILES string of the molecule is COC(C)CNC(=O)C(C)=O. The topological polar surface area (TPSA) is 55.4 Å². The summed E-state index contributed by atoms with van der Waals surface area (Å²) >= 11 is 0. The second-order valence-electron chi connectivity index (χ2n) is 2.31. The Labute approximate surface area is 65.9 Å². The van der Waals surface area contributed by atoms with Gasteiger partial charge in [0.1, 0.15) is 0 Å². The van der Waals surface area contributed by atoms with E-state index in [2.05, 4.69) is 5.32 Å². The molecule has 0 aromatic heterocycles. The van der Waals surface area contributed by atoms with Crippen molar-refractivity contribution in [2.75, 3.05) is 13.7 Å². The summed E-state index contributed by atoms with van der Waals surface area (Å²) in [6.07, 6.45) is -0.0571. The van der Waals surface area contributed by atoms with Gasteiger partial charge in [0.05, 0.1) is 6.10 Å². The molecule has 0 aromatic rings. The summed E-state index contributed by atoms with van der Waals surface area (Å²) < 4.78 is 4.85. The van der Waals surface area contributed by atoms with Gasteiger partial charge < -0.3 is 10.1 Å². The van der Waals surface area contributed by atoms with Crippen LogP contribution in [-0.2, 0) is 14.3 Å². The zero-order valence-electron chi connectivity index (χ0n) is 7.01. The van der Waals surface area contributed by atoms with Gasteiger partial charge in [-0.15, -0.1) is 0 Å². The Kier molecular flexibility index (Phi) is 4.45. The molecule has 0 aliphatic heterocycles. The highest BCUT2D eigenvalue weighted by molar-refractivity contribution is 6.35. The van der Waals surface area contributed by atoms with E-state index in [9.17, 15) is 9.59 Å². The minimum absolute atomic E-state index is 0.0571. The maximum absolute atomic E-state index is 10.6. The fraction of sp³-hybridized carbons (Fsp3) is 0.714. The van der Waals surface area contributed by atoms with Gasteiger partial charge >= 0.3 is 0 Å². The molecule has 1 N–H and O–H groups in total. The quantitative estimate of drug-likeness (QED) is 0.574. The zero-order chi connectivity index (χ0) is 8.85. The summed E-state index contributed by atoms with van der Waals surface area (Å²) in [7, 11) is 1.55. The van der Waals surface area contributed by atoms with Gasteiger partial charge in [-0.1, -0.05) is 0 Å². The molecule has 1 unspecified atom stereocenters. The second-order valence-corrected chi connectivity index (χ2v) is 2.31. The first-order valence-corrected chi connectivity index (χ1v) is 3.39. The molecule has 0 rings (SSSR count). The van der Waals surface area contributed by atoms with Crippen LogP contribution >= 0.6 is 0 Å². The van der Waals surface area contributed by atoms with E-state index >= 15 is 0 Å². The highest BCUT2D eigenvalue weighted by Crippen LogP contribution is 1.83. The van der Waals surface area contributed by atoms with E-state index in [1.54, 1.807) is 14.0 Å². The lowest BCUT2D eigenvalue weighted by molar-refractivity contribution is -0.136. The molecule has 0 aliphatic carbocycles. The first kappa shape index (κ1) is 10.1. The van der Waals surface area contributed by atoms with Crippen molar-refractivity contribution in [3.8, 4) is 0 Å². The van der Waals surface area contributed by atoms with E-state index in [1.165, 1.54) is 6.92 Å². The molecule has 0 aromatic carbocycles. The van der Waals surface area contributed by atoms with E-state index in [0.29, 0.717) is 6.54 Å². The number of nitrogens with one attached hydrogen (secondary N) is 1. The number of ketones is 1. The van der Waals surface area contributed by atoms with Gasteiger partial charge in [-0.3, -0.25) is 9.59 Å².